The summed E-state index contributed by atoms with van der Waals surface area (Å²) in [6, 6.07) is 6.70. The van der Waals surface area contributed by atoms with Gasteiger partial charge in [0.1, 0.15) is 5.82 Å². The maximum absolute atomic E-state index is 12.9. The number of benzene rings is 1. The van der Waals surface area contributed by atoms with Gasteiger partial charge in [0, 0.05) is 25.0 Å². The molecule has 4 nitrogen and oxygen atoms in total. The average molecular weight is 323 g/mol. The van der Waals surface area contributed by atoms with E-state index in [0.717, 1.165) is 12.1 Å². The summed E-state index contributed by atoms with van der Waals surface area (Å²) in [5.41, 5.74) is -0.125. The van der Waals surface area contributed by atoms with Gasteiger partial charge in [-0.1, -0.05) is 12.1 Å². The van der Waals surface area contributed by atoms with Crippen LogP contribution in [0.4, 0.5) is 13.2 Å². The summed E-state index contributed by atoms with van der Waals surface area (Å²) in [4.78, 5) is 10.2. The molecule has 0 spiro atoms. The van der Waals surface area contributed by atoms with Gasteiger partial charge in [-0.3, -0.25) is 4.90 Å². The van der Waals surface area contributed by atoms with Gasteiger partial charge < -0.3 is 5.11 Å². The van der Waals surface area contributed by atoms with Crippen LogP contribution in [0.25, 0.3) is 0 Å². The first-order valence-corrected chi connectivity index (χ1v) is 7.28. The molecule has 2 heterocycles. The van der Waals surface area contributed by atoms with Gasteiger partial charge in [-0.05, 0) is 30.2 Å². The Hall–Kier alpha value is -1.99. The minimum Gasteiger partial charge on any atom is -0.392 e. The van der Waals surface area contributed by atoms with Crippen molar-refractivity contribution in [2.75, 3.05) is 6.54 Å². The zero-order valence-electron chi connectivity index (χ0n) is 12.2. The molecule has 0 amide bonds. The minimum atomic E-state index is -4.37. The smallest absolute Gasteiger partial charge is 0.392 e. The maximum Gasteiger partial charge on any atom is 0.416 e. The Morgan fingerprint density at radius 2 is 1.91 bits per heavy atom. The van der Waals surface area contributed by atoms with Crippen LogP contribution in [0.2, 0.25) is 0 Å². The number of alkyl halides is 3. The zero-order valence-corrected chi connectivity index (χ0v) is 12.2. The summed E-state index contributed by atoms with van der Waals surface area (Å²) >= 11 is 0. The molecule has 1 aliphatic rings. The van der Waals surface area contributed by atoms with Crippen LogP contribution < -0.4 is 0 Å². The number of likely N-dealkylation sites (tertiary alicyclic amines) is 1. The summed E-state index contributed by atoms with van der Waals surface area (Å²) in [5, 5.41) is 9.93. The summed E-state index contributed by atoms with van der Waals surface area (Å²) < 4.78 is 38.7. The third-order valence-electron chi connectivity index (χ3n) is 3.94. The van der Waals surface area contributed by atoms with E-state index in [-0.39, 0.29) is 6.04 Å². The normalized spacial score (nSPS) is 22.4. The predicted molar refractivity (Wildman–Crippen MR) is 77.3 cm³/mol. The number of rotatable bonds is 3. The first-order valence-electron chi connectivity index (χ1n) is 7.28. The number of hydrogen-bond donors (Lipinski definition) is 1. The van der Waals surface area contributed by atoms with Gasteiger partial charge in [0.25, 0.3) is 0 Å². The van der Waals surface area contributed by atoms with Crippen molar-refractivity contribution in [3.05, 3.63) is 59.7 Å². The van der Waals surface area contributed by atoms with Crippen molar-refractivity contribution < 1.29 is 18.3 Å². The molecule has 2 atom stereocenters. The topological polar surface area (TPSA) is 49.2 Å². The molecule has 1 fully saturated rings. The van der Waals surface area contributed by atoms with Crippen molar-refractivity contribution >= 4 is 0 Å². The Bertz CT molecular complexity index is 663. The Balaban J connectivity index is 1.85. The molecule has 0 bridgehead atoms. The van der Waals surface area contributed by atoms with Gasteiger partial charge in [0.05, 0.1) is 18.2 Å². The molecule has 1 aromatic heterocycles. The number of nitrogens with zero attached hydrogens (tertiary/aromatic N) is 3. The Morgan fingerprint density at radius 1 is 1.17 bits per heavy atom. The highest BCUT2D eigenvalue weighted by Crippen LogP contribution is 2.36. The molecule has 1 aromatic carbocycles. The van der Waals surface area contributed by atoms with E-state index in [1.54, 1.807) is 24.5 Å². The van der Waals surface area contributed by atoms with Crippen LogP contribution >= 0.6 is 0 Å². The fourth-order valence-electron chi connectivity index (χ4n) is 2.92. The van der Waals surface area contributed by atoms with Crippen molar-refractivity contribution in [3.8, 4) is 0 Å². The zero-order chi connectivity index (χ0) is 16.4. The lowest BCUT2D eigenvalue weighted by atomic mass is 10.0. The summed E-state index contributed by atoms with van der Waals surface area (Å²) in [6.07, 6.45) is -1.31. The monoisotopic (exact) mass is 323 g/mol. The molecule has 23 heavy (non-hydrogen) atoms. The number of aliphatic hydroxyl groups is 1. The summed E-state index contributed by atoms with van der Waals surface area (Å²) in [5.74, 6) is 0.582. The summed E-state index contributed by atoms with van der Waals surface area (Å²) in [7, 11) is 0. The van der Waals surface area contributed by atoms with Gasteiger partial charge >= 0.3 is 6.18 Å². The molecule has 0 unspecified atom stereocenters. The fraction of sp³-hybridized carbons (Fsp3) is 0.375. The third-order valence-corrected chi connectivity index (χ3v) is 3.94. The molecule has 1 saturated heterocycles. The first-order chi connectivity index (χ1) is 10.9. The molecule has 0 aliphatic carbocycles. The van der Waals surface area contributed by atoms with Crippen LogP contribution in [0.5, 0.6) is 0 Å². The van der Waals surface area contributed by atoms with E-state index >= 15 is 0 Å². The molecule has 1 N–H and O–H groups in total. The molecular weight excluding hydrogens is 307 g/mol. The van der Waals surface area contributed by atoms with Crippen molar-refractivity contribution in [3.63, 3.8) is 0 Å². The van der Waals surface area contributed by atoms with Gasteiger partial charge in [-0.15, -0.1) is 0 Å². The highest BCUT2D eigenvalue weighted by molar-refractivity contribution is 5.29. The Labute approximate surface area is 131 Å². The predicted octanol–water partition coefficient (Wildman–Crippen LogP) is 2.80. The minimum absolute atomic E-state index is 0.281. The van der Waals surface area contributed by atoms with Crippen LogP contribution in [0.3, 0.4) is 0 Å². The van der Waals surface area contributed by atoms with Gasteiger partial charge in [-0.2, -0.15) is 13.2 Å². The lowest BCUT2D eigenvalue weighted by Gasteiger charge is -2.24. The molecule has 122 valence electrons. The second-order valence-corrected chi connectivity index (χ2v) is 5.62. The van der Waals surface area contributed by atoms with Crippen LogP contribution in [0.15, 0.2) is 42.7 Å². The van der Waals surface area contributed by atoms with E-state index in [2.05, 4.69) is 9.97 Å². The van der Waals surface area contributed by atoms with E-state index in [1.165, 1.54) is 6.07 Å². The summed E-state index contributed by atoms with van der Waals surface area (Å²) in [6.45, 7) is 0.776. The fourth-order valence-corrected chi connectivity index (χ4v) is 2.92. The van der Waals surface area contributed by atoms with E-state index in [0.29, 0.717) is 30.9 Å². The lowest BCUT2D eigenvalue weighted by Crippen LogP contribution is -2.25. The second-order valence-electron chi connectivity index (χ2n) is 5.62. The molecule has 2 aromatic rings. The molecule has 0 radical (unpaired) electrons. The number of hydrogen-bond acceptors (Lipinski definition) is 4. The van der Waals surface area contributed by atoms with E-state index in [4.69, 9.17) is 0 Å². The van der Waals surface area contributed by atoms with E-state index in [1.807, 2.05) is 4.90 Å². The molecule has 1 aliphatic heterocycles. The highest BCUT2D eigenvalue weighted by atomic mass is 19.4. The maximum atomic E-state index is 12.9. The largest absolute Gasteiger partial charge is 0.416 e. The molecule has 7 heteroatoms. The highest BCUT2D eigenvalue weighted by Gasteiger charge is 2.35. The van der Waals surface area contributed by atoms with Gasteiger partial charge in [0.15, 0.2) is 0 Å². The van der Waals surface area contributed by atoms with Crippen molar-refractivity contribution in [2.24, 2.45) is 0 Å². The van der Waals surface area contributed by atoms with Gasteiger partial charge in [0.2, 0.25) is 0 Å². The van der Waals surface area contributed by atoms with Crippen LogP contribution in [0.1, 0.15) is 29.4 Å². The van der Waals surface area contributed by atoms with E-state index in [9.17, 15) is 18.3 Å². The number of halogens is 3. The van der Waals surface area contributed by atoms with E-state index < -0.39 is 17.8 Å². The standard InChI is InChI=1S/C16H16F3N3O/c17-16(18,19)12-4-1-3-11(7-12)14-8-13(23)9-22(14)10-15-20-5-2-6-21-15/h1-7,13-14,23H,8-10H2/t13-,14+/m0/s1. The molecule has 0 saturated carbocycles. The third kappa shape index (κ3) is 3.68. The Morgan fingerprint density at radius 3 is 2.61 bits per heavy atom. The number of aliphatic hydroxyl groups excluding tert-OH is 1. The number of aromatic nitrogens is 2. The van der Waals surface area contributed by atoms with Crippen molar-refractivity contribution in [2.45, 2.75) is 31.3 Å². The first kappa shape index (κ1) is 15.9. The quantitative estimate of drug-likeness (QED) is 0.944. The van der Waals surface area contributed by atoms with Crippen molar-refractivity contribution in [1.82, 2.24) is 14.9 Å². The lowest BCUT2D eigenvalue weighted by molar-refractivity contribution is -0.137. The number of β-amino-alcohol motifs (C(OH)–C–C–N with tert-alkyl or cyclic N) is 1. The van der Waals surface area contributed by atoms with Crippen molar-refractivity contribution in [1.29, 1.82) is 0 Å². The molecular formula is C16H16F3N3O. The SMILES string of the molecule is O[C@H]1C[C@H](c2cccc(C(F)(F)F)c2)N(Cc2ncccn2)C1. The van der Waals surface area contributed by atoms with Gasteiger partial charge in [-0.25, -0.2) is 9.97 Å². The second kappa shape index (κ2) is 6.25. The van der Waals surface area contributed by atoms with Crippen LogP contribution in [-0.4, -0.2) is 32.6 Å². The van der Waals surface area contributed by atoms with Crippen LogP contribution in [-0.2, 0) is 12.7 Å². The molecule has 3 rings (SSSR count). The average Bonchev–Trinajstić information content (AvgIpc) is 2.88. The van der Waals surface area contributed by atoms with Crippen LogP contribution in [0, 0.1) is 0 Å². The Kier molecular flexibility index (Phi) is 4.32.